The van der Waals surface area contributed by atoms with Crippen LogP contribution in [0, 0.1) is 12.3 Å². The van der Waals surface area contributed by atoms with Crippen LogP contribution in [0.2, 0.25) is 0 Å². The predicted molar refractivity (Wildman–Crippen MR) is 128 cm³/mol. The van der Waals surface area contributed by atoms with Crippen molar-refractivity contribution in [2.75, 3.05) is 25.7 Å². The molecule has 35 heavy (non-hydrogen) atoms. The average molecular weight is 474 g/mol. The average Bonchev–Trinajstić information content (AvgIpc) is 2.85. The number of ether oxygens (including phenoxy) is 3. The molecule has 1 N–H and O–H groups in total. The standard InChI is InChI=1S/C26H22N2O7/c1-5-7-18-13-16(15-21(33-3)22(18)35-12-6-2)14-20-23(29)27-26(32)28(24(20)30)19-10-8-17(9-11-19)25(31)34-4/h2,5,8-11,13-15H,1,7,12H2,3-4H3,(H,27,29,32)/b20-14+. The molecule has 0 saturated carbocycles. The largest absolute Gasteiger partial charge is 0.493 e. The summed E-state index contributed by atoms with van der Waals surface area (Å²) in [6, 6.07) is 7.99. The van der Waals surface area contributed by atoms with Gasteiger partial charge < -0.3 is 14.2 Å². The topological polar surface area (TPSA) is 111 Å². The molecule has 0 radical (unpaired) electrons. The van der Waals surface area contributed by atoms with Crippen LogP contribution >= 0.6 is 0 Å². The number of methoxy groups -OCH3 is 2. The maximum absolute atomic E-state index is 13.2. The number of hydrogen-bond donors (Lipinski definition) is 1. The highest BCUT2D eigenvalue weighted by atomic mass is 16.5. The second-order valence-electron chi connectivity index (χ2n) is 7.19. The van der Waals surface area contributed by atoms with Crippen LogP contribution in [0.5, 0.6) is 11.5 Å². The lowest BCUT2D eigenvalue weighted by Gasteiger charge is -2.26. The van der Waals surface area contributed by atoms with Crippen molar-refractivity contribution in [3.05, 3.63) is 71.3 Å². The number of imide groups is 2. The Bertz CT molecular complexity index is 1270. The zero-order valence-corrected chi connectivity index (χ0v) is 19.1. The number of hydrogen-bond acceptors (Lipinski definition) is 7. The lowest BCUT2D eigenvalue weighted by molar-refractivity contribution is -0.122. The van der Waals surface area contributed by atoms with Crippen LogP contribution in [0.3, 0.4) is 0 Å². The van der Waals surface area contributed by atoms with Crippen LogP contribution in [-0.2, 0) is 20.7 Å². The van der Waals surface area contributed by atoms with Crippen molar-refractivity contribution in [3.8, 4) is 23.8 Å². The second kappa shape index (κ2) is 10.9. The van der Waals surface area contributed by atoms with Crippen LogP contribution in [0.1, 0.15) is 21.5 Å². The van der Waals surface area contributed by atoms with Crippen molar-refractivity contribution in [2.45, 2.75) is 6.42 Å². The fourth-order valence-corrected chi connectivity index (χ4v) is 3.43. The Morgan fingerprint density at radius 1 is 1.17 bits per heavy atom. The van der Waals surface area contributed by atoms with E-state index in [1.807, 2.05) is 0 Å². The Morgan fingerprint density at radius 3 is 2.49 bits per heavy atom. The maximum atomic E-state index is 13.2. The first-order valence-electron chi connectivity index (χ1n) is 10.3. The molecule has 3 rings (SSSR count). The van der Waals surface area contributed by atoms with Crippen molar-refractivity contribution in [1.29, 1.82) is 0 Å². The first-order valence-corrected chi connectivity index (χ1v) is 10.3. The summed E-state index contributed by atoms with van der Waals surface area (Å²) in [6.45, 7) is 3.75. The molecule has 2 aromatic carbocycles. The molecule has 1 aliphatic rings. The highest BCUT2D eigenvalue weighted by Gasteiger charge is 2.37. The first kappa shape index (κ1) is 24.8. The summed E-state index contributed by atoms with van der Waals surface area (Å²) in [7, 11) is 2.69. The number of allylic oxidation sites excluding steroid dienone is 1. The third-order valence-corrected chi connectivity index (χ3v) is 5.00. The number of carbonyl (C=O) groups excluding carboxylic acids is 4. The number of benzene rings is 2. The predicted octanol–water partition coefficient (Wildman–Crippen LogP) is 2.89. The highest BCUT2D eigenvalue weighted by molar-refractivity contribution is 6.39. The van der Waals surface area contributed by atoms with Gasteiger partial charge in [-0.1, -0.05) is 12.0 Å². The molecule has 0 spiro atoms. The van der Waals surface area contributed by atoms with E-state index in [2.05, 4.69) is 22.6 Å². The minimum Gasteiger partial charge on any atom is -0.493 e. The molecule has 1 heterocycles. The van der Waals surface area contributed by atoms with Crippen molar-refractivity contribution >= 4 is 35.6 Å². The number of amides is 4. The SMILES string of the molecule is C#CCOc1c(CC=C)cc(/C=C2\C(=O)NC(=O)N(c3ccc(C(=O)OC)cc3)C2=O)cc1OC. The lowest BCUT2D eigenvalue weighted by Crippen LogP contribution is -2.54. The van der Waals surface area contributed by atoms with E-state index in [-0.39, 0.29) is 23.4 Å². The molecule has 178 valence electrons. The number of terminal acetylenes is 1. The van der Waals surface area contributed by atoms with E-state index in [4.69, 9.17) is 15.9 Å². The smallest absolute Gasteiger partial charge is 0.337 e. The van der Waals surface area contributed by atoms with Crippen molar-refractivity contribution in [2.24, 2.45) is 0 Å². The number of anilines is 1. The van der Waals surface area contributed by atoms with Gasteiger partial charge in [0, 0.05) is 5.56 Å². The Labute approximate surface area is 202 Å². The summed E-state index contributed by atoms with van der Waals surface area (Å²) in [6.07, 6.45) is 8.71. The van der Waals surface area contributed by atoms with Gasteiger partial charge in [0.25, 0.3) is 11.8 Å². The summed E-state index contributed by atoms with van der Waals surface area (Å²) in [4.78, 5) is 50.7. The van der Waals surface area contributed by atoms with Gasteiger partial charge in [0.1, 0.15) is 12.2 Å². The molecule has 4 amide bonds. The molecule has 0 bridgehead atoms. The Morgan fingerprint density at radius 2 is 1.89 bits per heavy atom. The van der Waals surface area contributed by atoms with E-state index in [0.29, 0.717) is 29.0 Å². The zero-order valence-electron chi connectivity index (χ0n) is 19.1. The van der Waals surface area contributed by atoms with Crippen LogP contribution < -0.4 is 19.7 Å². The van der Waals surface area contributed by atoms with Gasteiger partial charge >= 0.3 is 12.0 Å². The van der Waals surface area contributed by atoms with Gasteiger partial charge in [-0.2, -0.15) is 0 Å². The molecule has 0 aromatic heterocycles. The fourth-order valence-electron chi connectivity index (χ4n) is 3.43. The summed E-state index contributed by atoms with van der Waals surface area (Å²) >= 11 is 0. The van der Waals surface area contributed by atoms with Gasteiger partial charge in [0.05, 0.1) is 25.5 Å². The molecule has 0 unspecified atom stereocenters. The molecule has 1 aliphatic heterocycles. The molecule has 9 nitrogen and oxygen atoms in total. The molecule has 1 fully saturated rings. The third-order valence-electron chi connectivity index (χ3n) is 5.00. The number of urea groups is 1. The molecule has 9 heteroatoms. The fraction of sp³-hybridized carbons (Fsp3) is 0.154. The Balaban J connectivity index is 2.02. The molecule has 0 aliphatic carbocycles. The molecule has 2 aromatic rings. The van der Waals surface area contributed by atoms with E-state index in [1.54, 1.807) is 18.2 Å². The van der Waals surface area contributed by atoms with E-state index >= 15 is 0 Å². The van der Waals surface area contributed by atoms with Crippen molar-refractivity contribution in [1.82, 2.24) is 5.32 Å². The van der Waals surface area contributed by atoms with Gasteiger partial charge in [-0.05, 0) is 54.5 Å². The summed E-state index contributed by atoms with van der Waals surface area (Å²) in [5.74, 6) is 0.915. The zero-order chi connectivity index (χ0) is 25.5. The van der Waals surface area contributed by atoms with Crippen LogP contribution in [-0.4, -0.2) is 44.6 Å². The van der Waals surface area contributed by atoms with Gasteiger partial charge in [-0.3, -0.25) is 14.9 Å². The highest BCUT2D eigenvalue weighted by Crippen LogP contribution is 2.34. The van der Waals surface area contributed by atoms with Crippen LogP contribution in [0.25, 0.3) is 6.08 Å². The van der Waals surface area contributed by atoms with Crippen molar-refractivity contribution in [3.63, 3.8) is 0 Å². The number of rotatable bonds is 8. The number of nitrogens with zero attached hydrogens (tertiary/aromatic N) is 1. The normalized spacial score (nSPS) is 14.3. The monoisotopic (exact) mass is 474 g/mol. The number of barbiturate groups is 1. The Hall–Kier alpha value is -4.84. The quantitative estimate of drug-likeness (QED) is 0.206. The number of carbonyl (C=O) groups is 4. The van der Waals surface area contributed by atoms with Gasteiger partial charge in [-0.25, -0.2) is 14.5 Å². The molecular weight excluding hydrogens is 452 g/mol. The molecule has 0 atom stereocenters. The Kier molecular flexibility index (Phi) is 7.69. The van der Waals surface area contributed by atoms with E-state index in [9.17, 15) is 19.2 Å². The van der Waals surface area contributed by atoms with E-state index in [0.717, 1.165) is 4.90 Å². The molecular formula is C26H22N2O7. The van der Waals surface area contributed by atoms with Crippen molar-refractivity contribution < 1.29 is 33.4 Å². The van der Waals surface area contributed by atoms with Gasteiger partial charge in [0.15, 0.2) is 11.5 Å². The number of nitrogens with one attached hydrogen (secondary N) is 1. The van der Waals surface area contributed by atoms with Crippen LogP contribution in [0.15, 0.2) is 54.6 Å². The summed E-state index contributed by atoms with van der Waals surface area (Å²) in [5, 5.41) is 2.16. The first-order chi connectivity index (χ1) is 16.8. The van der Waals surface area contributed by atoms with E-state index < -0.39 is 23.8 Å². The van der Waals surface area contributed by atoms with Gasteiger partial charge in [0.2, 0.25) is 0 Å². The minimum absolute atomic E-state index is 0.0215. The molecule has 1 saturated heterocycles. The summed E-state index contributed by atoms with van der Waals surface area (Å²) in [5.41, 5.74) is 1.27. The third kappa shape index (κ3) is 5.23. The minimum atomic E-state index is -0.911. The second-order valence-corrected chi connectivity index (χ2v) is 7.19. The van der Waals surface area contributed by atoms with E-state index in [1.165, 1.54) is 44.6 Å². The van der Waals surface area contributed by atoms with Gasteiger partial charge in [-0.15, -0.1) is 13.0 Å². The summed E-state index contributed by atoms with van der Waals surface area (Å²) < 4.78 is 15.7. The maximum Gasteiger partial charge on any atom is 0.337 e. The van der Waals surface area contributed by atoms with Crippen LogP contribution in [0.4, 0.5) is 10.5 Å². The lowest BCUT2D eigenvalue weighted by atomic mass is 10.0. The number of esters is 1.